The largest absolute Gasteiger partial charge is 0.444 e. The van der Waals surface area contributed by atoms with Crippen molar-refractivity contribution in [3.05, 3.63) is 0 Å². The minimum absolute atomic E-state index is 0. The highest BCUT2D eigenvalue weighted by Crippen LogP contribution is 2.05. The van der Waals surface area contributed by atoms with Crippen LogP contribution in [0.5, 0.6) is 0 Å². The SMILES string of the molecule is CNCCNC(=O)OC(C)(C)C.[HH].[HH]. The van der Waals surface area contributed by atoms with Gasteiger partial charge in [-0.1, -0.05) is 0 Å². The van der Waals surface area contributed by atoms with Crippen LogP contribution in [0.25, 0.3) is 0 Å². The summed E-state index contributed by atoms with van der Waals surface area (Å²) >= 11 is 0. The third kappa shape index (κ3) is 7.34. The molecule has 0 rings (SSSR count). The third-order valence-electron chi connectivity index (χ3n) is 1.04. The molecule has 12 heavy (non-hydrogen) atoms. The molecule has 0 aliphatic heterocycles. The van der Waals surface area contributed by atoms with Crippen molar-refractivity contribution in [1.82, 2.24) is 10.6 Å². The van der Waals surface area contributed by atoms with E-state index in [1.807, 2.05) is 27.8 Å². The maximum absolute atomic E-state index is 11.0. The number of alkyl carbamates (subject to hydrolysis) is 1. The molecule has 0 aliphatic rings. The molecule has 1 amide bonds. The van der Waals surface area contributed by atoms with Gasteiger partial charge in [0, 0.05) is 15.9 Å². The predicted octanol–water partition coefficient (Wildman–Crippen LogP) is 1.22. The predicted molar refractivity (Wildman–Crippen MR) is 52.4 cm³/mol. The van der Waals surface area contributed by atoms with Crippen molar-refractivity contribution in [1.29, 1.82) is 0 Å². The van der Waals surface area contributed by atoms with Crippen LogP contribution in [0.2, 0.25) is 0 Å². The lowest BCUT2D eigenvalue weighted by molar-refractivity contribution is 0.0528. The van der Waals surface area contributed by atoms with Crippen LogP contribution in [0.15, 0.2) is 0 Å². The van der Waals surface area contributed by atoms with Gasteiger partial charge in [-0.15, -0.1) is 0 Å². The molecule has 0 aromatic heterocycles. The maximum Gasteiger partial charge on any atom is 0.407 e. The summed E-state index contributed by atoms with van der Waals surface area (Å²) in [4.78, 5) is 11.0. The summed E-state index contributed by atoms with van der Waals surface area (Å²) in [6.45, 7) is 6.85. The quantitative estimate of drug-likeness (QED) is 0.639. The van der Waals surface area contributed by atoms with Crippen molar-refractivity contribution >= 4 is 6.09 Å². The van der Waals surface area contributed by atoms with Gasteiger partial charge in [-0.2, -0.15) is 0 Å². The fourth-order valence-corrected chi connectivity index (χ4v) is 0.604. The topological polar surface area (TPSA) is 50.4 Å². The zero-order valence-electron chi connectivity index (χ0n) is 8.23. The van der Waals surface area contributed by atoms with Gasteiger partial charge in [0.15, 0.2) is 0 Å². The number of carbonyl (C=O) groups excluding carboxylic acids is 1. The molecule has 0 aromatic carbocycles. The van der Waals surface area contributed by atoms with Crippen LogP contribution in [0.4, 0.5) is 4.79 Å². The van der Waals surface area contributed by atoms with Crippen molar-refractivity contribution in [2.24, 2.45) is 0 Å². The Morgan fingerprint density at radius 2 is 2.00 bits per heavy atom. The lowest BCUT2D eigenvalue weighted by Gasteiger charge is -2.19. The summed E-state index contributed by atoms with van der Waals surface area (Å²) in [6, 6.07) is 0. The van der Waals surface area contributed by atoms with Crippen LogP contribution in [0, 0.1) is 0 Å². The highest BCUT2D eigenvalue weighted by Gasteiger charge is 2.14. The third-order valence-corrected chi connectivity index (χ3v) is 1.04. The molecule has 76 valence electrons. The van der Waals surface area contributed by atoms with Gasteiger partial charge in [-0.3, -0.25) is 0 Å². The Hall–Kier alpha value is -0.770. The van der Waals surface area contributed by atoms with Gasteiger partial charge < -0.3 is 15.4 Å². The van der Waals surface area contributed by atoms with E-state index in [9.17, 15) is 4.79 Å². The molecule has 0 unspecified atom stereocenters. The van der Waals surface area contributed by atoms with E-state index in [0.29, 0.717) is 6.54 Å². The number of rotatable bonds is 3. The zero-order valence-corrected chi connectivity index (χ0v) is 8.23. The summed E-state index contributed by atoms with van der Waals surface area (Å²) in [5.41, 5.74) is -0.413. The maximum atomic E-state index is 11.0. The van der Waals surface area contributed by atoms with Crippen molar-refractivity contribution in [2.45, 2.75) is 26.4 Å². The Morgan fingerprint density at radius 1 is 1.42 bits per heavy atom. The zero-order chi connectivity index (χ0) is 9.61. The lowest BCUT2D eigenvalue weighted by atomic mass is 10.2. The number of hydrogen-bond donors (Lipinski definition) is 2. The van der Waals surface area contributed by atoms with E-state index in [1.54, 1.807) is 0 Å². The summed E-state index contributed by atoms with van der Waals surface area (Å²) in [7, 11) is 1.83. The van der Waals surface area contributed by atoms with E-state index >= 15 is 0 Å². The number of carbonyl (C=O) groups is 1. The number of likely N-dealkylation sites (N-methyl/N-ethyl adjacent to an activating group) is 1. The van der Waals surface area contributed by atoms with Crippen LogP contribution < -0.4 is 10.6 Å². The molecule has 0 radical (unpaired) electrons. The molecule has 0 saturated carbocycles. The molecular formula is C8H22N2O2. The Labute approximate surface area is 76.6 Å². The fraction of sp³-hybridized carbons (Fsp3) is 0.875. The van der Waals surface area contributed by atoms with Crippen molar-refractivity contribution in [3.8, 4) is 0 Å². The number of nitrogens with one attached hydrogen (secondary N) is 2. The second kappa shape index (κ2) is 4.98. The van der Waals surface area contributed by atoms with Crippen LogP contribution in [-0.4, -0.2) is 31.8 Å². The summed E-state index contributed by atoms with van der Waals surface area (Å²) in [5, 5.41) is 5.53. The molecular weight excluding hydrogens is 156 g/mol. The molecule has 0 aromatic rings. The first kappa shape index (κ1) is 11.2. The van der Waals surface area contributed by atoms with Gasteiger partial charge >= 0.3 is 6.09 Å². The first-order valence-corrected chi connectivity index (χ1v) is 4.07. The average molecular weight is 178 g/mol. The van der Waals surface area contributed by atoms with Crippen molar-refractivity contribution < 1.29 is 12.4 Å². The minimum Gasteiger partial charge on any atom is -0.444 e. The average Bonchev–Trinajstić information content (AvgIpc) is 1.84. The van der Waals surface area contributed by atoms with Gasteiger partial charge in [-0.25, -0.2) is 4.79 Å². The first-order valence-electron chi connectivity index (χ1n) is 4.07. The standard InChI is InChI=1S/C8H18N2O2.2H2/c1-8(2,3)12-7(11)10-6-5-9-4;;/h9H,5-6H2,1-4H3,(H,10,11);2*1H. The van der Waals surface area contributed by atoms with Crippen molar-refractivity contribution in [2.75, 3.05) is 20.1 Å². The Balaban J connectivity index is -0.000000605. The molecule has 0 spiro atoms. The van der Waals surface area contributed by atoms with Crippen LogP contribution >= 0.6 is 0 Å². The number of hydrogen-bond acceptors (Lipinski definition) is 3. The van der Waals surface area contributed by atoms with Crippen molar-refractivity contribution in [3.63, 3.8) is 0 Å². The van der Waals surface area contributed by atoms with Crippen LogP contribution in [-0.2, 0) is 4.74 Å². The minimum atomic E-state index is -0.413. The molecule has 0 atom stereocenters. The molecule has 0 aliphatic carbocycles. The smallest absolute Gasteiger partial charge is 0.407 e. The second-order valence-electron chi connectivity index (χ2n) is 3.53. The normalized spacial score (nSPS) is 11.0. The Morgan fingerprint density at radius 3 is 2.42 bits per heavy atom. The van der Waals surface area contributed by atoms with Gasteiger partial charge in [0.1, 0.15) is 5.60 Å². The molecule has 0 saturated heterocycles. The van der Waals surface area contributed by atoms with Gasteiger partial charge in [0.05, 0.1) is 0 Å². The van der Waals surface area contributed by atoms with Crippen LogP contribution in [0.3, 0.4) is 0 Å². The molecule has 4 nitrogen and oxygen atoms in total. The molecule has 2 N–H and O–H groups in total. The van der Waals surface area contributed by atoms with E-state index < -0.39 is 5.60 Å². The Kier molecular flexibility index (Phi) is 4.66. The van der Waals surface area contributed by atoms with Gasteiger partial charge in [-0.05, 0) is 27.8 Å². The summed E-state index contributed by atoms with van der Waals surface area (Å²) < 4.78 is 5.01. The fourth-order valence-electron chi connectivity index (χ4n) is 0.604. The molecule has 0 bridgehead atoms. The summed E-state index contributed by atoms with van der Waals surface area (Å²) in [6.07, 6.45) is -0.363. The number of amides is 1. The van der Waals surface area contributed by atoms with Crippen LogP contribution in [0.1, 0.15) is 23.6 Å². The van der Waals surface area contributed by atoms with Gasteiger partial charge in [0.25, 0.3) is 0 Å². The van der Waals surface area contributed by atoms with E-state index in [4.69, 9.17) is 4.74 Å². The number of ether oxygens (including phenoxy) is 1. The van der Waals surface area contributed by atoms with Gasteiger partial charge in [0.2, 0.25) is 0 Å². The Bertz CT molecular complexity index is 149. The molecule has 4 heteroatoms. The second-order valence-corrected chi connectivity index (χ2v) is 3.53. The summed E-state index contributed by atoms with van der Waals surface area (Å²) in [5.74, 6) is 0. The molecule has 0 fully saturated rings. The lowest BCUT2D eigenvalue weighted by Crippen LogP contribution is -2.35. The molecule has 0 heterocycles. The van der Waals surface area contributed by atoms with E-state index in [1.165, 1.54) is 0 Å². The van der Waals surface area contributed by atoms with E-state index in [-0.39, 0.29) is 8.95 Å². The first-order chi connectivity index (χ1) is 5.45. The van der Waals surface area contributed by atoms with E-state index in [2.05, 4.69) is 10.6 Å². The highest BCUT2D eigenvalue weighted by molar-refractivity contribution is 5.67. The monoisotopic (exact) mass is 178 g/mol. The van der Waals surface area contributed by atoms with E-state index in [0.717, 1.165) is 6.54 Å². The highest BCUT2D eigenvalue weighted by atomic mass is 16.6.